The first kappa shape index (κ1) is 25.1. The Kier molecular flexibility index (Phi) is 6.91. The summed E-state index contributed by atoms with van der Waals surface area (Å²) >= 11 is 0. The van der Waals surface area contributed by atoms with Crippen molar-refractivity contribution in [1.29, 1.82) is 0 Å². The summed E-state index contributed by atoms with van der Waals surface area (Å²) in [6.45, 7) is 6.59. The molecule has 0 aliphatic carbocycles. The summed E-state index contributed by atoms with van der Waals surface area (Å²) in [6, 6.07) is 2.96. The minimum Gasteiger partial charge on any atom is -0.496 e. The molecule has 1 saturated heterocycles. The van der Waals surface area contributed by atoms with E-state index in [9.17, 15) is 13.6 Å². The van der Waals surface area contributed by atoms with Gasteiger partial charge >= 0.3 is 6.09 Å². The highest BCUT2D eigenvalue weighted by molar-refractivity contribution is 5.71. The third-order valence-corrected chi connectivity index (χ3v) is 5.40. The number of nitrogens with zero attached hydrogens (tertiary/aromatic N) is 6. The number of anilines is 3. The number of alkyl halides is 2. The van der Waals surface area contributed by atoms with E-state index in [0.717, 1.165) is 12.0 Å². The largest absolute Gasteiger partial charge is 0.496 e. The van der Waals surface area contributed by atoms with Gasteiger partial charge in [-0.1, -0.05) is 0 Å². The second-order valence-electron chi connectivity index (χ2n) is 9.31. The van der Waals surface area contributed by atoms with E-state index < -0.39 is 17.9 Å². The quantitative estimate of drug-likeness (QED) is 0.509. The van der Waals surface area contributed by atoms with Gasteiger partial charge in [0.2, 0.25) is 0 Å². The zero-order chi connectivity index (χ0) is 26.0. The van der Waals surface area contributed by atoms with E-state index >= 15 is 0 Å². The third-order valence-electron chi connectivity index (χ3n) is 5.40. The molecule has 1 aliphatic heterocycles. The number of carbonyl (C=O) groups is 1. The van der Waals surface area contributed by atoms with Crippen molar-refractivity contribution in [3.63, 3.8) is 0 Å². The predicted octanol–water partition coefficient (Wildman–Crippen LogP) is 4.19. The lowest BCUT2D eigenvalue weighted by atomic mass is 10.1. The molecule has 1 fully saturated rings. The molecule has 0 aromatic carbocycles. The zero-order valence-electron chi connectivity index (χ0n) is 20.4. The van der Waals surface area contributed by atoms with Gasteiger partial charge in [-0.25, -0.2) is 28.5 Å². The monoisotopic (exact) mass is 502 g/mol. The maximum Gasteiger partial charge on any atom is 0.410 e. The number of carbonyl (C=O) groups excluding carboxylic acids is 1. The molecule has 1 atom stereocenters. The SMILES string of the molecule is COc1cc(Nc2cc(N)nc(C(F)F)n2)ncc1-c1cnn([C@H]2CCN(C(=O)OC(C)(C)C)C2)c1. The normalized spacial score (nSPS) is 15.9. The molecule has 0 spiro atoms. The first-order valence-corrected chi connectivity index (χ1v) is 11.3. The molecule has 4 heterocycles. The lowest BCUT2D eigenvalue weighted by Gasteiger charge is -2.24. The van der Waals surface area contributed by atoms with Gasteiger partial charge in [-0.15, -0.1) is 0 Å². The number of nitrogen functional groups attached to an aromatic ring is 1. The highest BCUT2D eigenvalue weighted by Crippen LogP contribution is 2.33. The van der Waals surface area contributed by atoms with Crippen LogP contribution in [0.5, 0.6) is 5.75 Å². The number of amides is 1. The van der Waals surface area contributed by atoms with Gasteiger partial charge in [-0.05, 0) is 27.2 Å². The third kappa shape index (κ3) is 5.78. The van der Waals surface area contributed by atoms with Crippen molar-refractivity contribution in [1.82, 2.24) is 29.6 Å². The standard InChI is InChI=1S/C23H28F2N8O3/c1-23(2,3)36-22(34)32-6-5-14(12-32)33-11-13(9-28-33)15-10-27-18(7-16(15)35-4)30-19-8-17(26)29-21(31-19)20(24)25/h7-11,14,20H,5-6,12H2,1-4H3,(H3,26,27,29,30,31)/t14-/m0/s1. The number of aromatic nitrogens is 5. The van der Waals surface area contributed by atoms with Crippen LogP contribution < -0.4 is 15.8 Å². The van der Waals surface area contributed by atoms with Crippen LogP contribution in [0.3, 0.4) is 0 Å². The number of rotatable bonds is 6. The number of ether oxygens (including phenoxy) is 2. The molecule has 0 saturated carbocycles. The minimum absolute atomic E-state index is 0.0124. The Morgan fingerprint density at radius 2 is 2.00 bits per heavy atom. The fourth-order valence-electron chi connectivity index (χ4n) is 3.80. The Balaban J connectivity index is 1.49. The summed E-state index contributed by atoms with van der Waals surface area (Å²) in [5, 5.41) is 7.33. The average Bonchev–Trinajstić information content (AvgIpc) is 3.47. The first-order chi connectivity index (χ1) is 17.0. The van der Waals surface area contributed by atoms with Gasteiger partial charge in [0.05, 0.1) is 19.3 Å². The zero-order valence-corrected chi connectivity index (χ0v) is 20.4. The lowest BCUT2D eigenvalue weighted by Crippen LogP contribution is -2.35. The van der Waals surface area contributed by atoms with E-state index in [0.29, 0.717) is 30.2 Å². The van der Waals surface area contributed by atoms with Gasteiger partial charge < -0.3 is 25.4 Å². The van der Waals surface area contributed by atoms with E-state index in [-0.39, 0.29) is 23.8 Å². The van der Waals surface area contributed by atoms with Crippen molar-refractivity contribution in [2.45, 2.75) is 45.3 Å². The smallest absolute Gasteiger partial charge is 0.410 e. The fraction of sp³-hybridized carbons (Fsp3) is 0.435. The van der Waals surface area contributed by atoms with Crippen LogP contribution in [-0.4, -0.2) is 61.5 Å². The molecular weight excluding hydrogens is 474 g/mol. The van der Waals surface area contributed by atoms with Crippen molar-refractivity contribution >= 4 is 23.5 Å². The number of hydrogen-bond donors (Lipinski definition) is 2. The van der Waals surface area contributed by atoms with Gasteiger partial charge in [0.15, 0.2) is 5.82 Å². The Bertz CT molecular complexity index is 1240. The molecule has 11 nitrogen and oxygen atoms in total. The molecule has 0 unspecified atom stereocenters. The minimum atomic E-state index is -2.86. The number of nitrogens with one attached hydrogen (secondary N) is 1. The van der Waals surface area contributed by atoms with Crippen molar-refractivity contribution in [3.8, 4) is 16.9 Å². The topological polar surface area (TPSA) is 133 Å². The van der Waals surface area contributed by atoms with Gasteiger partial charge in [0.25, 0.3) is 6.43 Å². The van der Waals surface area contributed by atoms with E-state index in [2.05, 4.69) is 25.4 Å². The summed E-state index contributed by atoms with van der Waals surface area (Å²) in [6.07, 6.45) is 2.71. The number of methoxy groups -OCH3 is 1. The lowest BCUT2D eigenvalue weighted by molar-refractivity contribution is 0.0288. The number of hydrogen-bond acceptors (Lipinski definition) is 9. The second kappa shape index (κ2) is 9.91. The molecule has 1 aliphatic rings. The Morgan fingerprint density at radius 1 is 1.22 bits per heavy atom. The van der Waals surface area contributed by atoms with E-state index in [1.165, 1.54) is 13.2 Å². The van der Waals surface area contributed by atoms with Crippen LogP contribution in [0.4, 0.5) is 31.0 Å². The molecular formula is C23H28F2N8O3. The Hall–Kier alpha value is -4.03. The summed E-state index contributed by atoms with van der Waals surface area (Å²) < 4.78 is 38.8. The molecule has 0 bridgehead atoms. The molecule has 3 N–H and O–H groups in total. The van der Waals surface area contributed by atoms with Crippen LogP contribution in [0.2, 0.25) is 0 Å². The summed E-state index contributed by atoms with van der Waals surface area (Å²) in [5.74, 6) is 0.139. The molecule has 4 rings (SSSR count). The van der Waals surface area contributed by atoms with Gasteiger partial charge in [0.1, 0.15) is 28.8 Å². The van der Waals surface area contributed by atoms with Crippen molar-refractivity contribution in [2.75, 3.05) is 31.2 Å². The van der Waals surface area contributed by atoms with Gasteiger partial charge in [-0.3, -0.25) is 4.68 Å². The number of halogens is 2. The fourth-order valence-corrected chi connectivity index (χ4v) is 3.80. The number of likely N-dealkylation sites (tertiary alicyclic amines) is 1. The number of nitrogens with two attached hydrogens (primary N) is 1. The summed E-state index contributed by atoms with van der Waals surface area (Å²) in [4.78, 5) is 25.7. The second-order valence-corrected chi connectivity index (χ2v) is 9.31. The molecule has 3 aromatic rings. The van der Waals surface area contributed by atoms with Crippen LogP contribution in [-0.2, 0) is 4.74 Å². The molecule has 3 aromatic heterocycles. The molecule has 13 heteroatoms. The van der Waals surface area contributed by atoms with Crippen molar-refractivity contribution in [3.05, 3.63) is 36.5 Å². The van der Waals surface area contributed by atoms with Crippen LogP contribution in [0.25, 0.3) is 11.1 Å². The average molecular weight is 503 g/mol. The van der Waals surface area contributed by atoms with Crippen LogP contribution in [0.15, 0.2) is 30.7 Å². The van der Waals surface area contributed by atoms with Gasteiger partial charge in [-0.2, -0.15) is 5.10 Å². The van der Waals surface area contributed by atoms with Crippen molar-refractivity contribution in [2.24, 2.45) is 0 Å². The van der Waals surface area contributed by atoms with E-state index in [1.807, 2.05) is 31.6 Å². The molecule has 192 valence electrons. The van der Waals surface area contributed by atoms with E-state index in [4.69, 9.17) is 15.2 Å². The molecule has 1 amide bonds. The molecule has 36 heavy (non-hydrogen) atoms. The maximum atomic E-state index is 13.0. The Labute approximate surface area is 206 Å². The van der Waals surface area contributed by atoms with Crippen LogP contribution in [0.1, 0.15) is 45.5 Å². The highest BCUT2D eigenvalue weighted by Gasteiger charge is 2.31. The Morgan fingerprint density at radius 3 is 2.69 bits per heavy atom. The van der Waals surface area contributed by atoms with Crippen molar-refractivity contribution < 1.29 is 23.0 Å². The van der Waals surface area contributed by atoms with E-state index in [1.54, 1.807) is 23.4 Å². The van der Waals surface area contributed by atoms with Gasteiger partial charge in [0, 0.05) is 48.7 Å². The summed E-state index contributed by atoms with van der Waals surface area (Å²) in [5.41, 5.74) is 6.51. The molecule has 0 radical (unpaired) electrons. The predicted molar refractivity (Wildman–Crippen MR) is 128 cm³/mol. The maximum absolute atomic E-state index is 13.0. The van der Waals surface area contributed by atoms with Crippen LogP contribution in [0, 0.1) is 0 Å². The summed E-state index contributed by atoms with van der Waals surface area (Å²) in [7, 11) is 1.51. The first-order valence-electron chi connectivity index (χ1n) is 11.3. The number of pyridine rings is 1. The highest BCUT2D eigenvalue weighted by atomic mass is 19.3. The van der Waals surface area contributed by atoms with Crippen LogP contribution >= 0.6 is 0 Å².